The molecular formula is C17H31NO4. The van der Waals surface area contributed by atoms with Crippen molar-refractivity contribution >= 4 is 11.9 Å². The van der Waals surface area contributed by atoms with E-state index in [0.29, 0.717) is 12.3 Å². The van der Waals surface area contributed by atoms with Crippen LogP contribution < -0.4 is 5.73 Å². The van der Waals surface area contributed by atoms with Gasteiger partial charge >= 0.3 is 11.9 Å². The number of nitrogens with two attached hydrogens (primary N) is 1. The second-order valence-corrected chi connectivity index (χ2v) is 6.07. The Labute approximate surface area is 133 Å². The average Bonchev–Trinajstić information content (AvgIpc) is 2.45. The molecule has 5 heteroatoms. The van der Waals surface area contributed by atoms with Crippen LogP contribution in [0.4, 0.5) is 0 Å². The minimum Gasteiger partial charge on any atom is -0.478 e. The number of unbranched alkanes of at least 4 members (excludes halogenated alkanes) is 5. The number of aliphatic carboxylic acids is 2. The maximum atomic E-state index is 11.2. The van der Waals surface area contributed by atoms with E-state index in [0.717, 1.165) is 18.9 Å². The number of rotatable bonds is 13. The summed E-state index contributed by atoms with van der Waals surface area (Å²) in [6.07, 6.45) is 9.81. The molecule has 0 saturated carbocycles. The lowest BCUT2D eigenvalue weighted by Crippen LogP contribution is -2.24. The minimum atomic E-state index is -1.24. The maximum absolute atomic E-state index is 11.2. The normalized spacial score (nSPS) is 14.6. The summed E-state index contributed by atoms with van der Waals surface area (Å²) in [4.78, 5) is 21.9. The standard InChI is InChI=1S/C17H31NO4/c1-3-4-5-6-7-8-9-13(2)10-14(12-18)15(17(21)22)11-16(19)20/h11,13-14H,3-10,12,18H2,1-2H3,(H,19,20)(H,21,22)/b15-11-. The predicted octanol–water partition coefficient (Wildman–Crippen LogP) is 3.43. The molecule has 0 aliphatic rings. The fraction of sp³-hybridized carbons (Fsp3) is 0.765. The number of carbonyl (C=O) groups is 2. The molecule has 0 bridgehead atoms. The fourth-order valence-electron chi connectivity index (χ4n) is 2.71. The van der Waals surface area contributed by atoms with Gasteiger partial charge in [-0.2, -0.15) is 0 Å². The summed E-state index contributed by atoms with van der Waals surface area (Å²) in [5.74, 6) is -2.48. The maximum Gasteiger partial charge on any atom is 0.332 e. The van der Waals surface area contributed by atoms with Gasteiger partial charge in [-0.1, -0.05) is 58.8 Å². The summed E-state index contributed by atoms with van der Waals surface area (Å²) >= 11 is 0. The first-order valence-corrected chi connectivity index (χ1v) is 8.30. The van der Waals surface area contributed by atoms with Crippen molar-refractivity contribution in [1.82, 2.24) is 0 Å². The zero-order valence-corrected chi connectivity index (χ0v) is 13.9. The van der Waals surface area contributed by atoms with Gasteiger partial charge in [-0.25, -0.2) is 9.59 Å². The van der Waals surface area contributed by atoms with Crippen molar-refractivity contribution in [3.05, 3.63) is 11.6 Å². The first-order valence-electron chi connectivity index (χ1n) is 8.30. The molecule has 128 valence electrons. The Balaban J connectivity index is 4.29. The Kier molecular flexibility index (Phi) is 11.5. The number of hydrogen-bond acceptors (Lipinski definition) is 3. The zero-order chi connectivity index (χ0) is 17.0. The third kappa shape index (κ3) is 9.55. The van der Waals surface area contributed by atoms with Gasteiger partial charge in [0.25, 0.3) is 0 Å². The Morgan fingerprint density at radius 2 is 1.68 bits per heavy atom. The van der Waals surface area contributed by atoms with Crippen LogP contribution in [-0.2, 0) is 9.59 Å². The molecule has 0 aliphatic carbocycles. The molecular weight excluding hydrogens is 282 g/mol. The monoisotopic (exact) mass is 313 g/mol. The molecule has 5 nitrogen and oxygen atoms in total. The van der Waals surface area contributed by atoms with Gasteiger partial charge in [0, 0.05) is 17.6 Å². The molecule has 22 heavy (non-hydrogen) atoms. The van der Waals surface area contributed by atoms with Crippen molar-refractivity contribution in [2.24, 2.45) is 17.6 Å². The predicted molar refractivity (Wildman–Crippen MR) is 87.7 cm³/mol. The molecule has 0 rings (SSSR count). The van der Waals surface area contributed by atoms with Crippen molar-refractivity contribution in [1.29, 1.82) is 0 Å². The van der Waals surface area contributed by atoms with Crippen LogP contribution in [0.1, 0.15) is 65.2 Å². The number of hydrogen-bond donors (Lipinski definition) is 3. The van der Waals surface area contributed by atoms with Gasteiger partial charge in [0.15, 0.2) is 0 Å². The van der Waals surface area contributed by atoms with Gasteiger partial charge in [-0.3, -0.25) is 0 Å². The number of carboxylic acids is 2. The molecule has 0 radical (unpaired) electrons. The van der Waals surface area contributed by atoms with Crippen molar-refractivity contribution in [3.63, 3.8) is 0 Å². The second kappa shape index (κ2) is 12.2. The van der Waals surface area contributed by atoms with Crippen LogP contribution in [0.5, 0.6) is 0 Å². The van der Waals surface area contributed by atoms with Crippen LogP contribution in [0.15, 0.2) is 11.6 Å². The molecule has 0 amide bonds. The fourth-order valence-corrected chi connectivity index (χ4v) is 2.71. The van der Waals surface area contributed by atoms with Crippen LogP contribution in [0.2, 0.25) is 0 Å². The van der Waals surface area contributed by atoms with E-state index in [4.69, 9.17) is 15.9 Å². The van der Waals surface area contributed by atoms with Gasteiger partial charge in [0.1, 0.15) is 0 Å². The largest absolute Gasteiger partial charge is 0.478 e. The summed E-state index contributed by atoms with van der Waals surface area (Å²) in [5.41, 5.74) is 5.56. The molecule has 0 fully saturated rings. The lowest BCUT2D eigenvalue weighted by atomic mass is 9.86. The molecule has 0 aliphatic heterocycles. The first-order chi connectivity index (χ1) is 10.4. The van der Waals surface area contributed by atoms with Gasteiger partial charge < -0.3 is 15.9 Å². The van der Waals surface area contributed by atoms with Gasteiger partial charge in [-0.15, -0.1) is 0 Å². The van der Waals surface area contributed by atoms with E-state index in [1.165, 1.54) is 32.1 Å². The summed E-state index contributed by atoms with van der Waals surface area (Å²) < 4.78 is 0. The first kappa shape index (κ1) is 20.6. The Hall–Kier alpha value is -1.36. The van der Waals surface area contributed by atoms with E-state index in [9.17, 15) is 9.59 Å². The highest BCUT2D eigenvalue weighted by molar-refractivity contribution is 5.95. The van der Waals surface area contributed by atoms with E-state index in [1.807, 2.05) is 0 Å². The van der Waals surface area contributed by atoms with E-state index in [2.05, 4.69) is 13.8 Å². The van der Waals surface area contributed by atoms with Crippen molar-refractivity contribution in [2.75, 3.05) is 6.54 Å². The SMILES string of the molecule is CCCCCCCCC(C)CC(CN)/C(=C/C(=O)O)C(=O)O. The molecule has 0 saturated heterocycles. The number of carboxylic acid groups (broad SMARTS) is 2. The van der Waals surface area contributed by atoms with Gasteiger partial charge in [-0.05, 0) is 18.9 Å². The van der Waals surface area contributed by atoms with E-state index in [1.54, 1.807) is 0 Å². The average molecular weight is 313 g/mol. The van der Waals surface area contributed by atoms with Crippen molar-refractivity contribution in [2.45, 2.75) is 65.2 Å². The third-order valence-electron chi connectivity index (χ3n) is 3.99. The van der Waals surface area contributed by atoms with E-state index >= 15 is 0 Å². The molecule has 4 N–H and O–H groups in total. The molecule has 2 unspecified atom stereocenters. The minimum absolute atomic E-state index is 0.0928. The van der Waals surface area contributed by atoms with Crippen LogP contribution in [0.3, 0.4) is 0 Å². The topological polar surface area (TPSA) is 101 Å². The molecule has 2 atom stereocenters. The molecule has 0 aromatic heterocycles. The highest BCUT2D eigenvalue weighted by atomic mass is 16.4. The van der Waals surface area contributed by atoms with Crippen LogP contribution in [0, 0.1) is 11.8 Å². The highest BCUT2D eigenvalue weighted by Gasteiger charge is 2.22. The van der Waals surface area contributed by atoms with Crippen molar-refractivity contribution < 1.29 is 19.8 Å². The molecule has 0 aromatic rings. The second-order valence-electron chi connectivity index (χ2n) is 6.07. The van der Waals surface area contributed by atoms with Gasteiger partial charge in [0.05, 0.1) is 0 Å². The van der Waals surface area contributed by atoms with Gasteiger partial charge in [0.2, 0.25) is 0 Å². The van der Waals surface area contributed by atoms with Crippen molar-refractivity contribution in [3.8, 4) is 0 Å². The third-order valence-corrected chi connectivity index (χ3v) is 3.99. The Bertz CT molecular complexity index is 366. The quantitative estimate of drug-likeness (QED) is 0.357. The van der Waals surface area contributed by atoms with E-state index in [-0.39, 0.29) is 12.1 Å². The Morgan fingerprint density at radius 3 is 2.18 bits per heavy atom. The lowest BCUT2D eigenvalue weighted by Gasteiger charge is -2.20. The summed E-state index contributed by atoms with van der Waals surface area (Å²) in [5, 5.41) is 17.9. The summed E-state index contributed by atoms with van der Waals surface area (Å²) in [6, 6.07) is 0. The zero-order valence-electron chi connectivity index (χ0n) is 13.9. The molecule has 0 heterocycles. The van der Waals surface area contributed by atoms with Crippen LogP contribution in [-0.4, -0.2) is 28.7 Å². The van der Waals surface area contributed by atoms with E-state index < -0.39 is 17.9 Å². The smallest absolute Gasteiger partial charge is 0.332 e. The lowest BCUT2D eigenvalue weighted by molar-refractivity contribution is -0.135. The highest BCUT2D eigenvalue weighted by Crippen LogP contribution is 2.24. The Morgan fingerprint density at radius 1 is 1.09 bits per heavy atom. The summed E-state index contributed by atoms with van der Waals surface area (Å²) in [6.45, 7) is 4.43. The molecule has 0 spiro atoms. The molecule has 0 aromatic carbocycles. The summed E-state index contributed by atoms with van der Waals surface area (Å²) in [7, 11) is 0. The van der Waals surface area contributed by atoms with Crippen LogP contribution in [0.25, 0.3) is 0 Å². The van der Waals surface area contributed by atoms with Crippen LogP contribution >= 0.6 is 0 Å².